The van der Waals surface area contributed by atoms with Crippen LogP contribution in [0.2, 0.25) is 0 Å². The number of imidazole rings is 2. The van der Waals surface area contributed by atoms with Crippen molar-refractivity contribution < 1.29 is 26.3 Å². The van der Waals surface area contributed by atoms with Crippen molar-refractivity contribution in [3.05, 3.63) is 71.5 Å². The standard InChI is InChI=1S/C26H20F6N6/c1-12(2)11-38-24-19(35-25(38)33)9-8-18(34-24)22-21(14-7-6-13(27)10-17(14)29)36-23(37-22)20-15(26(30,31)32)4-3-5-16(20)28/h3-10,12H,11H2,1-2H3,(H2,33,35)(H,36,37). The molecule has 2 aromatic carbocycles. The molecule has 0 amide bonds. The third kappa shape index (κ3) is 4.46. The van der Waals surface area contributed by atoms with E-state index in [1.165, 1.54) is 6.07 Å². The Labute approximate surface area is 212 Å². The molecule has 3 aromatic heterocycles. The summed E-state index contributed by atoms with van der Waals surface area (Å²) in [5.74, 6) is -3.15. The number of benzene rings is 2. The number of aromatic amines is 1. The van der Waals surface area contributed by atoms with Gasteiger partial charge in [-0.3, -0.25) is 4.57 Å². The third-order valence-corrected chi connectivity index (χ3v) is 5.87. The number of nitrogens with one attached hydrogen (secondary N) is 1. The molecule has 0 saturated carbocycles. The van der Waals surface area contributed by atoms with Crippen LogP contribution in [0.15, 0.2) is 48.5 Å². The number of hydrogen-bond acceptors (Lipinski definition) is 4. The number of nitrogens with zero attached hydrogens (tertiary/aromatic N) is 4. The number of halogens is 6. The summed E-state index contributed by atoms with van der Waals surface area (Å²) in [6.07, 6.45) is -4.90. The van der Waals surface area contributed by atoms with Crippen LogP contribution in [0.4, 0.5) is 32.3 Å². The summed E-state index contributed by atoms with van der Waals surface area (Å²) in [6.45, 7) is 4.42. The van der Waals surface area contributed by atoms with Crippen LogP contribution in [0.5, 0.6) is 0 Å². The van der Waals surface area contributed by atoms with Gasteiger partial charge in [-0.1, -0.05) is 19.9 Å². The number of alkyl halides is 3. The van der Waals surface area contributed by atoms with Crippen molar-refractivity contribution in [1.29, 1.82) is 0 Å². The molecule has 0 unspecified atom stereocenters. The van der Waals surface area contributed by atoms with E-state index in [4.69, 9.17) is 5.73 Å². The predicted octanol–water partition coefficient (Wildman–Crippen LogP) is 6.83. The maximum absolute atomic E-state index is 14.9. The number of fused-ring (bicyclic) bond motifs is 1. The average molecular weight is 530 g/mol. The van der Waals surface area contributed by atoms with Crippen LogP contribution in [0.3, 0.4) is 0 Å². The number of rotatable bonds is 5. The monoisotopic (exact) mass is 530 g/mol. The highest BCUT2D eigenvalue weighted by molar-refractivity contribution is 5.84. The molecule has 0 atom stereocenters. The third-order valence-electron chi connectivity index (χ3n) is 5.87. The minimum absolute atomic E-state index is 0.000320. The number of nitrogen functional groups attached to an aromatic ring is 1. The van der Waals surface area contributed by atoms with E-state index in [2.05, 4.69) is 19.9 Å². The number of aromatic nitrogens is 5. The second kappa shape index (κ2) is 9.19. The summed E-state index contributed by atoms with van der Waals surface area (Å²) in [7, 11) is 0. The maximum atomic E-state index is 14.9. The Morgan fingerprint density at radius 1 is 0.947 bits per heavy atom. The van der Waals surface area contributed by atoms with Crippen molar-refractivity contribution in [3.63, 3.8) is 0 Å². The fourth-order valence-electron chi connectivity index (χ4n) is 4.26. The predicted molar refractivity (Wildman–Crippen MR) is 130 cm³/mol. The maximum Gasteiger partial charge on any atom is 0.417 e. The van der Waals surface area contributed by atoms with Crippen molar-refractivity contribution in [2.45, 2.75) is 26.6 Å². The molecule has 12 heteroatoms. The fraction of sp³-hybridized carbons (Fsp3) is 0.192. The first-order valence-electron chi connectivity index (χ1n) is 11.5. The van der Waals surface area contributed by atoms with Gasteiger partial charge < -0.3 is 10.7 Å². The normalized spacial score (nSPS) is 12.1. The van der Waals surface area contributed by atoms with Gasteiger partial charge in [0, 0.05) is 18.2 Å². The second-order valence-corrected chi connectivity index (χ2v) is 9.11. The molecule has 0 aliphatic rings. The van der Waals surface area contributed by atoms with Gasteiger partial charge in [0.25, 0.3) is 0 Å². The van der Waals surface area contributed by atoms with Gasteiger partial charge in [-0.25, -0.2) is 28.1 Å². The van der Waals surface area contributed by atoms with Gasteiger partial charge in [-0.05, 0) is 42.3 Å². The van der Waals surface area contributed by atoms with E-state index < -0.39 is 40.6 Å². The number of anilines is 1. The lowest BCUT2D eigenvalue weighted by Gasteiger charge is -2.11. The van der Waals surface area contributed by atoms with Crippen molar-refractivity contribution in [2.75, 3.05) is 5.73 Å². The van der Waals surface area contributed by atoms with Gasteiger partial charge in [0.1, 0.15) is 34.5 Å². The number of H-pyrrole nitrogens is 1. The quantitative estimate of drug-likeness (QED) is 0.244. The zero-order valence-electron chi connectivity index (χ0n) is 20.0. The zero-order valence-corrected chi connectivity index (χ0v) is 20.0. The highest BCUT2D eigenvalue weighted by Crippen LogP contribution is 2.40. The summed E-state index contributed by atoms with van der Waals surface area (Å²) in [5, 5.41) is 0. The Kier molecular flexibility index (Phi) is 6.12. The summed E-state index contributed by atoms with van der Waals surface area (Å²) in [6, 6.07) is 8.31. The number of hydrogen-bond donors (Lipinski definition) is 2. The molecular weight excluding hydrogens is 510 g/mol. The summed E-state index contributed by atoms with van der Waals surface area (Å²) >= 11 is 0. The molecule has 38 heavy (non-hydrogen) atoms. The molecule has 196 valence electrons. The average Bonchev–Trinajstić information content (AvgIpc) is 3.39. The Morgan fingerprint density at radius 3 is 2.39 bits per heavy atom. The van der Waals surface area contributed by atoms with Gasteiger partial charge in [-0.2, -0.15) is 13.2 Å². The highest BCUT2D eigenvalue weighted by Gasteiger charge is 2.36. The van der Waals surface area contributed by atoms with Crippen molar-refractivity contribution in [1.82, 2.24) is 24.5 Å². The van der Waals surface area contributed by atoms with Gasteiger partial charge >= 0.3 is 6.18 Å². The molecular formula is C26H20F6N6. The van der Waals surface area contributed by atoms with Crippen LogP contribution < -0.4 is 5.73 Å². The molecule has 5 rings (SSSR count). The zero-order chi connectivity index (χ0) is 27.4. The Bertz CT molecular complexity index is 1670. The Balaban J connectivity index is 1.79. The summed E-state index contributed by atoms with van der Waals surface area (Å²) < 4.78 is 86.3. The van der Waals surface area contributed by atoms with Crippen LogP contribution in [0.1, 0.15) is 19.4 Å². The molecule has 3 N–H and O–H groups in total. The van der Waals surface area contributed by atoms with E-state index in [0.717, 1.165) is 30.3 Å². The molecule has 6 nitrogen and oxygen atoms in total. The molecule has 5 aromatic rings. The van der Waals surface area contributed by atoms with E-state index >= 15 is 0 Å². The van der Waals surface area contributed by atoms with E-state index in [-0.39, 0.29) is 34.5 Å². The van der Waals surface area contributed by atoms with Crippen LogP contribution >= 0.6 is 0 Å². The molecule has 0 aliphatic carbocycles. The van der Waals surface area contributed by atoms with Crippen molar-refractivity contribution in [2.24, 2.45) is 5.92 Å². The lowest BCUT2D eigenvalue weighted by molar-refractivity contribution is -0.137. The number of pyridine rings is 1. The molecule has 0 aliphatic heterocycles. The number of nitrogens with two attached hydrogens (primary N) is 1. The summed E-state index contributed by atoms with van der Waals surface area (Å²) in [5.41, 5.74) is 4.56. The fourth-order valence-corrected chi connectivity index (χ4v) is 4.26. The van der Waals surface area contributed by atoms with E-state index in [0.29, 0.717) is 23.8 Å². The lowest BCUT2D eigenvalue weighted by atomic mass is 10.1. The smallest absolute Gasteiger partial charge is 0.369 e. The van der Waals surface area contributed by atoms with Crippen LogP contribution in [-0.4, -0.2) is 24.5 Å². The molecule has 0 radical (unpaired) electrons. The minimum Gasteiger partial charge on any atom is -0.369 e. The lowest BCUT2D eigenvalue weighted by Crippen LogP contribution is -2.09. The van der Waals surface area contributed by atoms with E-state index in [9.17, 15) is 26.3 Å². The molecule has 0 fully saturated rings. The molecule has 0 saturated heterocycles. The Morgan fingerprint density at radius 2 is 1.71 bits per heavy atom. The first kappa shape index (κ1) is 25.3. The topological polar surface area (TPSA) is 85.4 Å². The molecule has 3 heterocycles. The first-order chi connectivity index (χ1) is 17.9. The summed E-state index contributed by atoms with van der Waals surface area (Å²) in [4.78, 5) is 15.7. The second-order valence-electron chi connectivity index (χ2n) is 9.11. The molecule has 0 bridgehead atoms. The van der Waals surface area contributed by atoms with Crippen molar-refractivity contribution >= 4 is 17.1 Å². The van der Waals surface area contributed by atoms with Crippen LogP contribution in [0.25, 0.3) is 45.2 Å². The van der Waals surface area contributed by atoms with E-state index in [1.807, 2.05) is 13.8 Å². The van der Waals surface area contributed by atoms with Crippen LogP contribution in [0, 0.1) is 23.4 Å². The van der Waals surface area contributed by atoms with Gasteiger partial charge in [-0.15, -0.1) is 0 Å². The minimum atomic E-state index is -4.90. The van der Waals surface area contributed by atoms with Gasteiger partial charge in [0.2, 0.25) is 5.95 Å². The first-order valence-corrected chi connectivity index (χ1v) is 11.5. The highest BCUT2D eigenvalue weighted by atomic mass is 19.4. The van der Waals surface area contributed by atoms with Gasteiger partial charge in [0.15, 0.2) is 5.65 Å². The van der Waals surface area contributed by atoms with Gasteiger partial charge in [0.05, 0.1) is 22.5 Å². The Hall–Kier alpha value is -4.35. The van der Waals surface area contributed by atoms with E-state index in [1.54, 1.807) is 10.6 Å². The van der Waals surface area contributed by atoms with Crippen molar-refractivity contribution in [3.8, 4) is 34.0 Å². The van der Waals surface area contributed by atoms with Crippen LogP contribution in [-0.2, 0) is 12.7 Å². The SMILES string of the molecule is CC(C)Cn1c(N)nc2ccc(-c3[nH]c(-c4c(F)cccc4C(F)(F)F)nc3-c3ccc(F)cc3F)nc21. The molecule has 0 spiro atoms. The largest absolute Gasteiger partial charge is 0.417 e.